The van der Waals surface area contributed by atoms with Crippen LogP contribution in [0.15, 0.2) is 57.8 Å². The summed E-state index contributed by atoms with van der Waals surface area (Å²) in [4.78, 5) is 3.88. The Balaban J connectivity index is 2.34. The van der Waals surface area contributed by atoms with Gasteiger partial charge in [0.1, 0.15) is 23.0 Å². The summed E-state index contributed by atoms with van der Waals surface area (Å²) >= 11 is 0. The summed E-state index contributed by atoms with van der Waals surface area (Å²) in [5.41, 5.74) is 3.42. The second-order valence-electron chi connectivity index (χ2n) is 4.51. The summed E-state index contributed by atoms with van der Waals surface area (Å²) in [6, 6.07) is 5.70. The molecule has 23 heavy (non-hydrogen) atoms. The minimum absolute atomic E-state index is 0.0226. The first kappa shape index (κ1) is 16.7. The molecule has 1 aromatic carbocycles. The molecule has 0 aliphatic carbocycles. The van der Waals surface area contributed by atoms with E-state index in [9.17, 15) is 22.0 Å². The molecule has 0 spiro atoms. The van der Waals surface area contributed by atoms with Gasteiger partial charge in [-0.1, -0.05) is 6.07 Å². The van der Waals surface area contributed by atoms with Gasteiger partial charge in [-0.2, -0.15) is 13.2 Å². The van der Waals surface area contributed by atoms with E-state index in [1.54, 1.807) is 0 Å². The second-order valence-corrected chi connectivity index (χ2v) is 4.51. The highest BCUT2D eigenvalue weighted by molar-refractivity contribution is 6.07. The molecule has 0 aliphatic rings. The third-order valence-corrected chi connectivity index (χ3v) is 2.83. The molecule has 0 aliphatic heterocycles. The minimum atomic E-state index is -4.73. The number of allylic oxidation sites excluding steroid dienone is 2. The van der Waals surface area contributed by atoms with Gasteiger partial charge < -0.3 is 10.2 Å². The van der Waals surface area contributed by atoms with Crippen molar-refractivity contribution in [3.8, 4) is 0 Å². The lowest BCUT2D eigenvalue weighted by molar-refractivity contribution is -0.0925. The molecule has 1 aromatic heterocycles. The van der Waals surface area contributed by atoms with E-state index in [2.05, 4.69) is 4.99 Å². The molecular formula is C15H11F5N2O. The van der Waals surface area contributed by atoms with Crippen LogP contribution >= 0.6 is 0 Å². The predicted octanol–water partition coefficient (Wildman–Crippen LogP) is 3.95. The maximum atomic E-state index is 13.5. The number of nitrogens with two attached hydrogens (primary N) is 1. The van der Waals surface area contributed by atoms with Gasteiger partial charge in [-0.3, -0.25) is 4.99 Å². The largest absolute Gasteiger partial charge is 0.463 e. The van der Waals surface area contributed by atoms with E-state index < -0.39 is 23.5 Å². The highest BCUT2D eigenvalue weighted by Gasteiger charge is 2.32. The topological polar surface area (TPSA) is 51.5 Å². The molecule has 0 bridgehead atoms. The quantitative estimate of drug-likeness (QED) is 0.682. The molecule has 0 fully saturated rings. The van der Waals surface area contributed by atoms with Crippen molar-refractivity contribution in [2.24, 2.45) is 10.7 Å². The molecule has 0 radical (unpaired) electrons. The van der Waals surface area contributed by atoms with Crippen molar-refractivity contribution in [3.05, 3.63) is 71.3 Å². The highest BCUT2D eigenvalue weighted by atomic mass is 19.4. The van der Waals surface area contributed by atoms with Crippen LogP contribution in [0, 0.1) is 11.6 Å². The number of hydrogen-bond acceptors (Lipinski definition) is 3. The summed E-state index contributed by atoms with van der Waals surface area (Å²) in [5, 5.41) is 0. The van der Waals surface area contributed by atoms with Gasteiger partial charge in [-0.05, 0) is 24.3 Å². The van der Waals surface area contributed by atoms with Crippen molar-refractivity contribution in [3.63, 3.8) is 0 Å². The molecule has 0 amide bonds. The smallest absolute Gasteiger partial charge is 0.430 e. The maximum Gasteiger partial charge on any atom is 0.430 e. The molecule has 8 heteroatoms. The van der Waals surface area contributed by atoms with Crippen LogP contribution in [0.5, 0.6) is 0 Å². The van der Waals surface area contributed by atoms with Gasteiger partial charge >= 0.3 is 6.18 Å². The van der Waals surface area contributed by atoms with Crippen molar-refractivity contribution in [1.82, 2.24) is 0 Å². The van der Waals surface area contributed by atoms with Crippen LogP contribution in [0.1, 0.15) is 11.3 Å². The van der Waals surface area contributed by atoms with Crippen molar-refractivity contribution < 1.29 is 26.4 Å². The van der Waals surface area contributed by atoms with E-state index in [0.717, 1.165) is 12.1 Å². The van der Waals surface area contributed by atoms with Gasteiger partial charge in [-0.15, -0.1) is 0 Å². The number of benzene rings is 1. The number of aliphatic imine (C=N–C) groups is 1. The number of rotatable bonds is 4. The monoisotopic (exact) mass is 330 g/mol. The normalized spacial score (nSPS) is 13.4. The number of nitrogens with zero attached hydrogens (tertiary/aromatic N) is 1. The number of furan rings is 1. The summed E-state index contributed by atoms with van der Waals surface area (Å²) < 4.78 is 69.0. The molecule has 2 rings (SSSR count). The average Bonchev–Trinajstić information content (AvgIpc) is 2.97. The molecule has 1 heterocycles. The van der Waals surface area contributed by atoms with Gasteiger partial charge in [-0.25, -0.2) is 8.78 Å². The van der Waals surface area contributed by atoms with Gasteiger partial charge in [0.2, 0.25) is 0 Å². The van der Waals surface area contributed by atoms with Gasteiger partial charge in [0, 0.05) is 11.6 Å². The fourth-order valence-electron chi connectivity index (χ4n) is 1.67. The van der Waals surface area contributed by atoms with Crippen LogP contribution in [0.2, 0.25) is 0 Å². The van der Waals surface area contributed by atoms with Gasteiger partial charge in [0.05, 0.1) is 12.8 Å². The van der Waals surface area contributed by atoms with Gasteiger partial charge in [0.25, 0.3) is 0 Å². The Kier molecular flexibility index (Phi) is 4.83. The molecule has 0 saturated carbocycles. The molecule has 0 unspecified atom stereocenters. The van der Waals surface area contributed by atoms with E-state index in [0.29, 0.717) is 12.1 Å². The Morgan fingerprint density at radius 2 is 1.96 bits per heavy atom. The third-order valence-electron chi connectivity index (χ3n) is 2.83. The third kappa shape index (κ3) is 4.41. The van der Waals surface area contributed by atoms with Crippen molar-refractivity contribution in [2.75, 3.05) is 0 Å². The Hall–Kier alpha value is -2.64. The van der Waals surface area contributed by atoms with Crippen LogP contribution in [-0.4, -0.2) is 11.9 Å². The second kappa shape index (κ2) is 6.64. The van der Waals surface area contributed by atoms with E-state index in [-0.39, 0.29) is 23.6 Å². The average molecular weight is 330 g/mol. The first-order valence-electron chi connectivity index (χ1n) is 6.34. The van der Waals surface area contributed by atoms with E-state index in [1.807, 2.05) is 0 Å². The van der Waals surface area contributed by atoms with Crippen LogP contribution in [0.4, 0.5) is 22.0 Å². The van der Waals surface area contributed by atoms with Crippen LogP contribution < -0.4 is 5.73 Å². The van der Waals surface area contributed by atoms with Crippen molar-refractivity contribution in [1.29, 1.82) is 0 Å². The SMILES string of the molecule is NC(=CC(=NCc1ccc(F)cc1F)c1ccco1)C(F)(F)F. The van der Waals surface area contributed by atoms with Crippen molar-refractivity contribution >= 4 is 5.71 Å². The zero-order valence-electron chi connectivity index (χ0n) is 11.6. The van der Waals surface area contributed by atoms with E-state index >= 15 is 0 Å². The lowest BCUT2D eigenvalue weighted by Crippen LogP contribution is -2.20. The lowest BCUT2D eigenvalue weighted by Gasteiger charge is -2.07. The summed E-state index contributed by atoms with van der Waals surface area (Å²) in [7, 11) is 0. The summed E-state index contributed by atoms with van der Waals surface area (Å²) in [6.45, 7) is -0.302. The maximum absolute atomic E-state index is 13.5. The van der Waals surface area contributed by atoms with Crippen LogP contribution in [-0.2, 0) is 6.54 Å². The first-order chi connectivity index (χ1) is 10.8. The number of hydrogen-bond donors (Lipinski definition) is 1. The number of alkyl halides is 3. The van der Waals surface area contributed by atoms with E-state index in [4.69, 9.17) is 10.2 Å². The zero-order valence-corrected chi connectivity index (χ0v) is 11.6. The lowest BCUT2D eigenvalue weighted by atomic mass is 10.2. The Morgan fingerprint density at radius 3 is 2.52 bits per heavy atom. The Morgan fingerprint density at radius 1 is 1.22 bits per heavy atom. The Bertz CT molecular complexity index is 733. The highest BCUT2D eigenvalue weighted by Crippen LogP contribution is 2.22. The van der Waals surface area contributed by atoms with E-state index in [1.165, 1.54) is 18.4 Å². The fourth-order valence-corrected chi connectivity index (χ4v) is 1.67. The standard InChI is InChI=1S/C15H11F5N2O/c16-10-4-3-9(11(17)6-10)8-22-12(13-2-1-5-23-13)7-14(21)15(18,19)20/h1-7H,8,21H2. The molecular weight excluding hydrogens is 319 g/mol. The van der Waals surface area contributed by atoms with Crippen LogP contribution in [0.25, 0.3) is 0 Å². The first-order valence-corrected chi connectivity index (χ1v) is 6.34. The number of halogens is 5. The Labute approximate surface area is 127 Å². The molecule has 2 N–H and O–H groups in total. The van der Waals surface area contributed by atoms with Gasteiger partial charge in [0.15, 0.2) is 5.76 Å². The fraction of sp³-hybridized carbons (Fsp3) is 0.133. The molecule has 122 valence electrons. The predicted molar refractivity (Wildman–Crippen MR) is 73.6 cm³/mol. The summed E-state index contributed by atoms with van der Waals surface area (Å²) in [5.74, 6) is -1.57. The molecule has 0 atom stereocenters. The summed E-state index contributed by atoms with van der Waals surface area (Å²) in [6.07, 6.45) is -2.88. The zero-order chi connectivity index (χ0) is 17.0. The minimum Gasteiger partial charge on any atom is -0.463 e. The molecule has 3 nitrogen and oxygen atoms in total. The molecule has 2 aromatic rings. The molecule has 0 saturated heterocycles. The van der Waals surface area contributed by atoms with Crippen molar-refractivity contribution in [2.45, 2.75) is 12.7 Å². The van der Waals surface area contributed by atoms with Crippen LogP contribution in [0.3, 0.4) is 0 Å².